The fourth-order valence-electron chi connectivity index (χ4n) is 2.98. The summed E-state index contributed by atoms with van der Waals surface area (Å²) in [6, 6.07) is 0. The van der Waals surface area contributed by atoms with Gasteiger partial charge < -0.3 is 19.9 Å². The molecule has 0 amide bonds. The molecule has 4 heteroatoms. The van der Waals surface area contributed by atoms with Crippen LogP contribution in [0.5, 0.6) is 0 Å². The first-order chi connectivity index (χ1) is 9.84. The second-order valence-corrected chi connectivity index (χ2v) is 7.35. The second kappa shape index (κ2) is 8.47. The highest BCUT2D eigenvalue weighted by atomic mass is 16.5. The molecule has 1 aliphatic carbocycles. The van der Waals surface area contributed by atoms with E-state index in [1.54, 1.807) is 0 Å². The molecule has 0 saturated heterocycles. The van der Waals surface area contributed by atoms with Crippen molar-refractivity contribution in [1.82, 2.24) is 5.32 Å². The van der Waals surface area contributed by atoms with Gasteiger partial charge in [-0.3, -0.25) is 0 Å². The van der Waals surface area contributed by atoms with E-state index < -0.39 is 6.10 Å². The van der Waals surface area contributed by atoms with Crippen LogP contribution in [-0.4, -0.2) is 50.7 Å². The van der Waals surface area contributed by atoms with Crippen molar-refractivity contribution in [3.05, 3.63) is 0 Å². The minimum Gasteiger partial charge on any atom is -0.389 e. The van der Waals surface area contributed by atoms with Crippen LogP contribution in [0.4, 0.5) is 0 Å². The van der Waals surface area contributed by atoms with Crippen LogP contribution in [0.25, 0.3) is 0 Å². The molecule has 4 nitrogen and oxygen atoms in total. The second-order valence-electron chi connectivity index (χ2n) is 7.35. The predicted molar refractivity (Wildman–Crippen MR) is 86.5 cm³/mol. The maximum Gasteiger partial charge on any atom is 0.0897 e. The highest BCUT2D eigenvalue weighted by molar-refractivity contribution is 5.12. The van der Waals surface area contributed by atoms with Gasteiger partial charge in [0.15, 0.2) is 0 Å². The molecule has 0 radical (unpaired) electrons. The Balaban J connectivity index is 1.94. The smallest absolute Gasteiger partial charge is 0.0897 e. The molecule has 1 atom stereocenters. The Labute approximate surface area is 130 Å². The van der Waals surface area contributed by atoms with E-state index in [-0.39, 0.29) is 0 Å². The molecular formula is C17H35NO3. The molecule has 1 saturated carbocycles. The third-order valence-corrected chi connectivity index (χ3v) is 5.37. The van der Waals surface area contributed by atoms with Gasteiger partial charge in [-0.1, -0.05) is 41.0 Å². The molecule has 0 aromatic carbocycles. The zero-order valence-corrected chi connectivity index (χ0v) is 14.6. The van der Waals surface area contributed by atoms with E-state index in [2.05, 4.69) is 39.9 Å². The summed E-state index contributed by atoms with van der Waals surface area (Å²) in [4.78, 5) is 0. The third-order valence-electron chi connectivity index (χ3n) is 5.37. The largest absolute Gasteiger partial charge is 0.389 e. The van der Waals surface area contributed by atoms with Gasteiger partial charge in [-0.25, -0.2) is 0 Å². The number of unbranched alkanes of at least 4 members (excludes halogenated alkanes) is 1. The van der Waals surface area contributed by atoms with Crippen LogP contribution in [0.2, 0.25) is 0 Å². The topological polar surface area (TPSA) is 50.7 Å². The van der Waals surface area contributed by atoms with Gasteiger partial charge in [-0.15, -0.1) is 0 Å². The first-order valence-corrected chi connectivity index (χ1v) is 8.38. The van der Waals surface area contributed by atoms with Crippen LogP contribution >= 0.6 is 0 Å². The third kappa shape index (κ3) is 5.51. The maximum atomic E-state index is 9.86. The molecule has 21 heavy (non-hydrogen) atoms. The van der Waals surface area contributed by atoms with Crippen molar-refractivity contribution < 1.29 is 14.6 Å². The van der Waals surface area contributed by atoms with Crippen molar-refractivity contribution in [2.45, 2.75) is 53.6 Å². The van der Waals surface area contributed by atoms with Gasteiger partial charge in [-0.05, 0) is 29.7 Å². The summed E-state index contributed by atoms with van der Waals surface area (Å²) in [6.07, 6.45) is 1.81. The lowest BCUT2D eigenvalue weighted by Gasteiger charge is -2.13. The lowest BCUT2D eigenvalue weighted by Crippen LogP contribution is -2.32. The highest BCUT2D eigenvalue weighted by Crippen LogP contribution is 2.67. The summed E-state index contributed by atoms with van der Waals surface area (Å²) in [5.41, 5.74) is 0.800. The Bertz CT molecular complexity index is 278. The Morgan fingerprint density at radius 2 is 1.67 bits per heavy atom. The fraction of sp³-hybridized carbons (Fsp3) is 1.00. The fourth-order valence-corrected chi connectivity index (χ4v) is 2.98. The molecule has 0 aliphatic heterocycles. The monoisotopic (exact) mass is 301 g/mol. The number of rotatable bonds is 12. The average molecular weight is 301 g/mol. The van der Waals surface area contributed by atoms with Crippen molar-refractivity contribution in [3.8, 4) is 0 Å². The lowest BCUT2D eigenvalue weighted by atomic mass is 10.0. The summed E-state index contributed by atoms with van der Waals surface area (Å²) in [6.45, 7) is 15.3. The van der Waals surface area contributed by atoms with Crippen LogP contribution < -0.4 is 5.32 Å². The molecule has 1 rings (SSSR count). The standard InChI is InChI=1S/C17H35NO3/c1-6-7-8-20-9-10-21-13-14(19)11-18-12-15-16(2,3)17(15,4)5/h14-15,18-19H,6-13H2,1-5H3. The van der Waals surface area contributed by atoms with E-state index >= 15 is 0 Å². The van der Waals surface area contributed by atoms with Crippen molar-refractivity contribution in [2.24, 2.45) is 16.7 Å². The molecular weight excluding hydrogens is 266 g/mol. The molecule has 2 N–H and O–H groups in total. The number of aliphatic hydroxyl groups excluding tert-OH is 1. The zero-order valence-electron chi connectivity index (χ0n) is 14.6. The summed E-state index contributed by atoms with van der Waals surface area (Å²) < 4.78 is 10.8. The molecule has 0 aromatic heterocycles. The zero-order chi connectivity index (χ0) is 15.9. The van der Waals surface area contributed by atoms with Crippen molar-refractivity contribution >= 4 is 0 Å². The molecule has 0 spiro atoms. The van der Waals surface area contributed by atoms with Gasteiger partial charge in [-0.2, -0.15) is 0 Å². The average Bonchev–Trinajstić information content (AvgIpc) is 2.80. The lowest BCUT2D eigenvalue weighted by molar-refractivity contribution is 0.00383. The Morgan fingerprint density at radius 1 is 1.05 bits per heavy atom. The van der Waals surface area contributed by atoms with E-state index in [4.69, 9.17) is 9.47 Å². The SMILES string of the molecule is CCCCOCCOCC(O)CNCC1C(C)(C)C1(C)C. The van der Waals surface area contributed by atoms with Gasteiger partial charge in [0.1, 0.15) is 0 Å². The molecule has 0 aromatic rings. The van der Waals surface area contributed by atoms with Crippen molar-refractivity contribution in [1.29, 1.82) is 0 Å². The normalized spacial score (nSPS) is 21.4. The highest BCUT2D eigenvalue weighted by Gasteiger charge is 2.63. The molecule has 126 valence electrons. The summed E-state index contributed by atoms with van der Waals surface area (Å²) in [5, 5.41) is 13.2. The number of ether oxygens (including phenoxy) is 2. The van der Waals surface area contributed by atoms with Gasteiger partial charge in [0.25, 0.3) is 0 Å². The summed E-state index contributed by atoms with van der Waals surface area (Å²) >= 11 is 0. The molecule has 0 bridgehead atoms. The number of hydrogen-bond acceptors (Lipinski definition) is 4. The van der Waals surface area contributed by atoms with Gasteiger partial charge in [0.2, 0.25) is 0 Å². The summed E-state index contributed by atoms with van der Waals surface area (Å²) in [5.74, 6) is 0.685. The van der Waals surface area contributed by atoms with Gasteiger partial charge in [0, 0.05) is 13.2 Å². The van der Waals surface area contributed by atoms with Crippen LogP contribution in [0, 0.1) is 16.7 Å². The Morgan fingerprint density at radius 3 is 2.24 bits per heavy atom. The van der Waals surface area contributed by atoms with E-state index in [0.29, 0.717) is 43.1 Å². The van der Waals surface area contributed by atoms with Crippen LogP contribution in [0.15, 0.2) is 0 Å². The predicted octanol–water partition coefficient (Wildman–Crippen LogP) is 2.45. The minimum atomic E-state index is -0.439. The van der Waals surface area contributed by atoms with Crippen molar-refractivity contribution in [2.75, 3.05) is 39.5 Å². The van der Waals surface area contributed by atoms with E-state index in [1.165, 1.54) is 0 Å². The molecule has 0 heterocycles. The van der Waals surface area contributed by atoms with Gasteiger partial charge >= 0.3 is 0 Å². The molecule has 1 fully saturated rings. The molecule has 1 unspecified atom stereocenters. The Kier molecular flexibility index (Phi) is 7.62. The van der Waals surface area contributed by atoms with E-state index in [0.717, 1.165) is 26.0 Å². The van der Waals surface area contributed by atoms with Crippen LogP contribution in [0.3, 0.4) is 0 Å². The first-order valence-electron chi connectivity index (χ1n) is 8.38. The number of hydrogen-bond donors (Lipinski definition) is 2. The first kappa shape index (κ1) is 18.9. The van der Waals surface area contributed by atoms with Crippen LogP contribution in [-0.2, 0) is 9.47 Å². The van der Waals surface area contributed by atoms with E-state index in [9.17, 15) is 5.11 Å². The molecule has 1 aliphatic rings. The van der Waals surface area contributed by atoms with E-state index in [1.807, 2.05) is 0 Å². The summed E-state index contributed by atoms with van der Waals surface area (Å²) in [7, 11) is 0. The van der Waals surface area contributed by atoms with Crippen molar-refractivity contribution in [3.63, 3.8) is 0 Å². The quantitative estimate of drug-likeness (QED) is 0.544. The minimum absolute atomic E-state index is 0.377. The maximum absolute atomic E-state index is 9.86. The van der Waals surface area contributed by atoms with Crippen LogP contribution in [0.1, 0.15) is 47.5 Å². The van der Waals surface area contributed by atoms with Gasteiger partial charge in [0.05, 0.1) is 25.9 Å². The number of aliphatic hydroxyl groups is 1. The Hall–Kier alpha value is -0.160. The number of nitrogens with one attached hydrogen (secondary N) is 1.